The highest BCUT2D eigenvalue weighted by Gasteiger charge is 2.20. The van der Waals surface area contributed by atoms with E-state index in [0.29, 0.717) is 0 Å². The summed E-state index contributed by atoms with van der Waals surface area (Å²) in [6.07, 6.45) is 13.3. The van der Waals surface area contributed by atoms with Crippen molar-refractivity contribution in [3.63, 3.8) is 0 Å². The van der Waals surface area contributed by atoms with Crippen LogP contribution in [0.5, 0.6) is 5.75 Å². The Kier molecular flexibility index (Phi) is 7.80. The van der Waals surface area contributed by atoms with Crippen molar-refractivity contribution in [1.29, 1.82) is 0 Å². The number of benzene rings is 3. The maximum absolute atomic E-state index is 6.30. The van der Waals surface area contributed by atoms with E-state index in [1.807, 2.05) is 30.0 Å². The monoisotopic (exact) mass is 551 g/mol. The summed E-state index contributed by atoms with van der Waals surface area (Å²) in [5.74, 6) is 2.86. The van der Waals surface area contributed by atoms with Gasteiger partial charge in [0.2, 0.25) is 0 Å². The van der Waals surface area contributed by atoms with Gasteiger partial charge in [0, 0.05) is 39.6 Å². The molecule has 0 saturated heterocycles. The molecule has 3 heteroatoms. The van der Waals surface area contributed by atoms with Crippen LogP contribution >= 0.6 is 11.8 Å². The predicted molar refractivity (Wildman–Crippen MR) is 176 cm³/mol. The van der Waals surface area contributed by atoms with Crippen LogP contribution in [0.3, 0.4) is 0 Å². The Labute approximate surface area is 247 Å². The summed E-state index contributed by atoms with van der Waals surface area (Å²) < 4.78 is 8.65. The van der Waals surface area contributed by atoms with Gasteiger partial charge < -0.3 is 9.30 Å². The van der Waals surface area contributed by atoms with Gasteiger partial charge in [0.25, 0.3) is 0 Å². The van der Waals surface area contributed by atoms with Crippen molar-refractivity contribution in [2.45, 2.75) is 25.2 Å². The summed E-state index contributed by atoms with van der Waals surface area (Å²) in [4.78, 5) is 1.29. The number of rotatable bonds is 4. The topological polar surface area (TPSA) is 14.2 Å². The van der Waals surface area contributed by atoms with E-state index in [1.54, 1.807) is 6.08 Å². The number of nitrogens with zero attached hydrogens (tertiary/aromatic N) is 1. The van der Waals surface area contributed by atoms with E-state index in [-0.39, 0.29) is 0 Å². The van der Waals surface area contributed by atoms with Gasteiger partial charge in [-0.3, -0.25) is 0 Å². The zero-order valence-corrected chi connectivity index (χ0v) is 24.3. The standard InChI is InChI=1S/C38H33NOS/c1-4-6-15-33(37-25-31-13-8-10-17-36(31)40-37)29-19-21-32(22-20-29)39-27(3)18-23-34-28(5-2)14-11-24-41-38(34)26-30-12-7-9-16-35(30)39/h4-23,26H,1,24-25H2,2-3H3/b15-6-,27-18?,28-5+,34-23?,37-33-,38-26?. The van der Waals surface area contributed by atoms with Crippen LogP contribution < -0.4 is 4.74 Å². The van der Waals surface area contributed by atoms with Crippen molar-refractivity contribution in [2.24, 2.45) is 0 Å². The van der Waals surface area contributed by atoms with Crippen LogP contribution in [0, 0.1) is 6.92 Å². The van der Waals surface area contributed by atoms with Crippen molar-refractivity contribution in [3.05, 3.63) is 162 Å². The Balaban J connectivity index is 1.50. The smallest absolute Gasteiger partial charge is 0.130 e. The fourth-order valence-corrected chi connectivity index (χ4v) is 6.41. The number of hydrogen-bond acceptors (Lipinski definition) is 2. The lowest BCUT2D eigenvalue weighted by Crippen LogP contribution is -2.00. The molecule has 1 aromatic heterocycles. The molecule has 202 valence electrons. The molecule has 0 amide bonds. The van der Waals surface area contributed by atoms with Gasteiger partial charge in [-0.15, -0.1) is 11.8 Å². The molecular weight excluding hydrogens is 518 g/mol. The number of thioether (sulfide) groups is 1. The third-order valence-electron chi connectivity index (χ3n) is 7.52. The van der Waals surface area contributed by atoms with E-state index >= 15 is 0 Å². The van der Waals surface area contributed by atoms with Crippen LogP contribution in [0.15, 0.2) is 145 Å². The van der Waals surface area contributed by atoms with E-state index in [0.717, 1.165) is 51.7 Å². The Bertz CT molecular complexity index is 1790. The molecule has 41 heavy (non-hydrogen) atoms. The number of fused-ring (bicyclic) bond motifs is 3. The minimum Gasteiger partial charge on any atom is -0.460 e. The van der Waals surface area contributed by atoms with E-state index < -0.39 is 0 Å². The molecule has 3 aromatic carbocycles. The summed E-state index contributed by atoms with van der Waals surface area (Å²) >= 11 is 1.89. The molecule has 2 aliphatic rings. The van der Waals surface area contributed by atoms with Gasteiger partial charge in [-0.25, -0.2) is 0 Å². The van der Waals surface area contributed by atoms with Crippen molar-refractivity contribution in [2.75, 3.05) is 5.75 Å². The summed E-state index contributed by atoms with van der Waals surface area (Å²) in [5.41, 5.74) is 9.35. The van der Waals surface area contributed by atoms with Crippen LogP contribution in [-0.4, -0.2) is 10.3 Å². The third-order valence-corrected chi connectivity index (χ3v) is 8.53. The second-order valence-corrected chi connectivity index (χ2v) is 11.2. The summed E-state index contributed by atoms with van der Waals surface area (Å²) in [6, 6.07) is 32.6. The molecule has 0 radical (unpaired) electrons. The molecule has 0 aliphatic carbocycles. The van der Waals surface area contributed by atoms with Crippen LogP contribution in [0.2, 0.25) is 0 Å². The molecular formula is C38H33NOS. The minimum atomic E-state index is 0.779. The van der Waals surface area contributed by atoms with Gasteiger partial charge >= 0.3 is 0 Å². The molecule has 2 nitrogen and oxygen atoms in total. The van der Waals surface area contributed by atoms with Gasteiger partial charge in [0.15, 0.2) is 0 Å². The van der Waals surface area contributed by atoms with Crippen LogP contribution in [0.1, 0.15) is 29.3 Å². The molecule has 0 atom stereocenters. The van der Waals surface area contributed by atoms with Crippen molar-refractivity contribution in [3.8, 4) is 11.4 Å². The second-order valence-electron chi connectivity index (χ2n) is 10.1. The summed E-state index contributed by atoms with van der Waals surface area (Å²) in [7, 11) is 0. The number of ether oxygens (including phenoxy) is 1. The Morgan fingerprint density at radius 1 is 0.951 bits per heavy atom. The molecule has 0 saturated carbocycles. The highest BCUT2D eigenvalue weighted by molar-refractivity contribution is 7.99. The Morgan fingerprint density at radius 3 is 2.56 bits per heavy atom. The molecule has 3 heterocycles. The third kappa shape index (κ3) is 5.46. The largest absolute Gasteiger partial charge is 0.460 e. The lowest BCUT2D eigenvalue weighted by atomic mass is 10.0. The molecule has 6 rings (SSSR count). The predicted octanol–water partition coefficient (Wildman–Crippen LogP) is 10.2. The lowest BCUT2D eigenvalue weighted by molar-refractivity contribution is 0.449. The van der Waals surface area contributed by atoms with E-state index in [2.05, 4.69) is 128 Å². The summed E-state index contributed by atoms with van der Waals surface area (Å²) in [5, 5.41) is 1.20. The number of hydrogen-bond donors (Lipinski definition) is 0. The number of allylic oxidation sites excluding steroid dienone is 8. The van der Waals surface area contributed by atoms with Gasteiger partial charge in [-0.05, 0) is 72.3 Å². The highest BCUT2D eigenvalue weighted by Crippen LogP contribution is 2.36. The van der Waals surface area contributed by atoms with Crippen molar-refractivity contribution >= 4 is 33.8 Å². The van der Waals surface area contributed by atoms with Gasteiger partial charge in [0.1, 0.15) is 11.5 Å². The van der Waals surface area contributed by atoms with Gasteiger partial charge in [0.05, 0.1) is 5.52 Å². The zero-order valence-electron chi connectivity index (χ0n) is 23.5. The average Bonchev–Trinajstić information content (AvgIpc) is 3.35. The summed E-state index contributed by atoms with van der Waals surface area (Å²) in [6.45, 7) is 8.18. The maximum atomic E-state index is 6.30. The first-order valence-electron chi connectivity index (χ1n) is 14.0. The zero-order chi connectivity index (χ0) is 28.2. The maximum Gasteiger partial charge on any atom is 0.130 e. The molecule has 0 N–H and O–H groups in total. The molecule has 0 unspecified atom stereocenters. The Hall–Kier alpha value is -4.47. The minimum absolute atomic E-state index is 0.779. The van der Waals surface area contributed by atoms with Gasteiger partial charge in [-0.1, -0.05) is 97.6 Å². The molecule has 0 fully saturated rings. The van der Waals surface area contributed by atoms with Crippen LogP contribution in [-0.2, 0) is 6.42 Å². The van der Waals surface area contributed by atoms with E-state index in [9.17, 15) is 0 Å². The number of para-hydroxylation sites is 2. The molecule has 0 bridgehead atoms. The van der Waals surface area contributed by atoms with Crippen LogP contribution in [0.4, 0.5) is 0 Å². The van der Waals surface area contributed by atoms with Crippen LogP contribution in [0.25, 0.3) is 27.7 Å². The quantitative estimate of drug-likeness (QED) is 0.234. The SMILES string of the molecule is C=C/C=C\C(=C1/Cc2ccccc2O1)c1ccc(-n2c(C)ccc3c(cc4ccccc42)SCC=C/C3=C\C)cc1. The number of aryl methyl sites for hydroxylation is 1. The lowest BCUT2D eigenvalue weighted by Gasteiger charge is -2.14. The first-order valence-corrected chi connectivity index (χ1v) is 15.0. The fraction of sp³-hybridized carbons (Fsp3) is 0.105. The highest BCUT2D eigenvalue weighted by atomic mass is 32.2. The Morgan fingerprint density at radius 2 is 1.76 bits per heavy atom. The first-order chi connectivity index (χ1) is 20.2. The normalized spacial score (nSPS) is 16.2. The first kappa shape index (κ1) is 26.7. The van der Waals surface area contributed by atoms with Crippen molar-refractivity contribution < 1.29 is 4.74 Å². The molecule has 2 aliphatic heterocycles. The molecule has 0 spiro atoms. The van der Waals surface area contributed by atoms with Crippen molar-refractivity contribution in [1.82, 2.24) is 4.57 Å². The second kappa shape index (κ2) is 12.0. The van der Waals surface area contributed by atoms with Gasteiger partial charge in [-0.2, -0.15) is 0 Å². The molecule has 4 aromatic rings. The van der Waals surface area contributed by atoms with E-state index in [1.165, 1.54) is 27.0 Å². The number of aromatic nitrogens is 1. The average molecular weight is 552 g/mol. The fourth-order valence-electron chi connectivity index (χ4n) is 5.48. The van der Waals surface area contributed by atoms with E-state index in [4.69, 9.17) is 4.74 Å².